The van der Waals surface area contributed by atoms with Crippen molar-refractivity contribution in [1.29, 1.82) is 0 Å². The van der Waals surface area contributed by atoms with E-state index in [0.717, 1.165) is 0 Å². The minimum atomic E-state index is -1.67. The Kier molecular flexibility index (Phi) is 4.45. The first-order chi connectivity index (χ1) is 21.0. The highest BCUT2D eigenvalue weighted by Gasteiger charge is 2.88. The molecule has 9 rings (SSSR count). The Morgan fingerprint density at radius 2 is 1.55 bits per heavy atom. The maximum absolute atomic E-state index is 14.6. The van der Waals surface area contributed by atoms with Crippen molar-refractivity contribution in [3.8, 4) is 51.4 Å². The molecule has 4 aliphatic rings. The van der Waals surface area contributed by atoms with Gasteiger partial charge in [-0.05, 0) is 55.0 Å². The molecule has 5 atom stereocenters. The van der Waals surface area contributed by atoms with Gasteiger partial charge in [-0.15, -0.1) is 0 Å². The van der Waals surface area contributed by atoms with E-state index in [4.69, 9.17) is 18.6 Å². The highest BCUT2D eigenvalue weighted by atomic mass is 16.8. The number of phenols is 5. The molecule has 2 fully saturated rings. The summed E-state index contributed by atoms with van der Waals surface area (Å²) in [5, 5.41) is 53.6. The summed E-state index contributed by atoms with van der Waals surface area (Å²) >= 11 is 0. The van der Waals surface area contributed by atoms with Crippen LogP contribution in [0, 0.1) is 0 Å². The fourth-order valence-electron chi connectivity index (χ4n) is 7.78. The number of hydrogen-bond acceptors (Lipinski definition) is 10. The van der Waals surface area contributed by atoms with Gasteiger partial charge in [-0.2, -0.15) is 0 Å². The van der Waals surface area contributed by atoms with Gasteiger partial charge >= 0.3 is 0 Å². The van der Waals surface area contributed by atoms with E-state index in [-0.39, 0.29) is 57.8 Å². The molecule has 0 amide bonds. The first-order valence-electron chi connectivity index (χ1n) is 14.1. The topological polar surface area (TPSA) is 162 Å². The van der Waals surface area contributed by atoms with Gasteiger partial charge in [0, 0.05) is 52.6 Å². The van der Waals surface area contributed by atoms with Gasteiger partial charge in [-0.3, -0.25) is 4.79 Å². The number of epoxide rings is 1. The highest BCUT2D eigenvalue weighted by molar-refractivity contribution is 6.00. The number of phenolic OH excluding ortho intramolecular Hbond substituents is 5. The zero-order valence-electron chi connectivity index (χ0n) is 23.1. The molecule has 5 unspecified atom stereocenters. The number of rotatable bonds is 2. The van der Waals surface area contributed by atoms with Crippen LogP contribution >= 0.6 is 0 Å². The standard InChI is InChI=1S/C34H24O10/c1-32-13-23(20-6-3-18(37)12-27(20)42-32)33-30(31(32)40)29-25(39)8-15(21-14-41-26-11-17(36)2-5-19(21)26)9-28(29)43-34(33,44-33)22-7-4-16(35)10-24(22)38/h2-12,14,23,30,35-39H,13H2,1H3. The van der Waals surface area contributed by atoms with Gasteiger partial charge in [0.05, 0.1) is 17.7 Å². The van der Waals surface area contributed by atoms with E-state index >= 15 is 0 Å². The number of ether oxygens (including phenoxy) is 3. The van der Waals surface area contributed by atoms with E-state index in [1.165, 1.54) is 54.8 Å². The van der Waals surface area contributed by atoms with Crippen LogP contribution in [0.1, 0.15) is 41.9 Å². The van der Waals surface area contributed by atoms with Gasteiger partial charge in [0.15, 0.2) is 17.0 Å². The molecule has 0 radical (unpaired) electrons. The van der Waals surface area contributed by atoms with Gasteiger partial charge < -0.3 is 44.2 Å². The molecule has 5 N–H and O–H groups in total. The van der Waals surface area contributed by atoms with Crippen LogP contribution in [0.25, 0.3) is 22.1 Å². The Morgan fingerprint density at radius 1 is 0.795 bits per heavy atom. The van der Waals surface area contributed by atoms with E-state index in [1.807, 2.05) is 0 Å². The van der Waals surface area contributed by atoms with Crippen molar-refractivity contribution in [3.63, 3.8) is 0 Å². The third-order valence-electron chi connectivity index (χ3n) is 9.69. The smallest absolute Gasteiger partial charge is 0.272 e. The first kappa shape index (κ1) is 25.2. The number of hydrogen-bond donors (Lipinski definition) is 5. The van der Waals surface area contributed by atoms with E-state index in [0.29, 0.717) is 33.4 Å². The number of Topliss-reactive ketones (excluding diaryl/α,β-unsaturated/α-hetero) is 1. The lowest BCUT2D eigenvalue weighted by Gasteiger charge is -2.51. The van der Waals surface area contributed by atoms with Crippen molar-refractivity contribution >= 4 is 16.8 Å². The lowest BCUT2D eigenvalue weighted by molar-refractivity contribution is -0.145. The lowest BCUT2D eigenvalue weighted by Crippen LogP contribution is -2.61. The van der Waals surface area contributed by atoms with E-state index in [2.05, 4.69) is 0 Å². The number of carbonyl (C=O) groups is 1. The molecule has 1 spiro atoms. The molecule has 2 bridgehead atoms. The zero-order chi connectivity index (χ0) is 30.3. The average molecular weight is 593 g/mol. The second-order valence-corrected chi connectivity index (χ2v) is 12.2. The Hall–Kier alpha value is -5.35. The maximum Gasteiger partial charge on any atom is 0.272 e. The Balaban J connectivity index is 1.31. The Morgan fingerprint density at radius 3 is 2.36 bits per heavy atom. The normalized spacial score (nSPS) is 29.1. The van der Waals surface area contributed by atoms with Gasteiger partial charge in [-0.1, -0.05) is 6.07 Å². The van der Waals surface area contributed by atoms with Crippen molar-refractivity contribution in [2.75, 3.05) is 0 Å². The summed E-state index contributed by atoms with van der Waals surface area (Å²) < 4.78 is 25.3. The summed E-state index contributed by atoms with van der Waals surface area (Å²) in [6.45, 7) is 1.69. The van der Waals surface area contributed by atoms with Gasteiger partial charge in [0.2, 0.25) is 0 Å². The molecule has 1 aliphatic carbocycles. The van der Waals surface area contributed by atoms with Crippen LogP contribution < -0.4 is 9.47 Å². The molecule has 44 heavy (non-hydrogen) atoms. The molecule has 10 nitrogen and oxygen atoms in total. The fraction of sp³-hybridized carbons (Fsp3) is 0.206. The highest BCUT2D eigenvalue weighted by Crippen LogP contribution is 2.78. The summed E-state index contributed by atoms with van der Waals surface area (Å²) in [5.41, 5.74) is -0.00539. The van der Waals surface area contributed by atoms with Crippen LogP contribution in [-0.4, -0.2) is 42.5 Å². The molecular weight excluding hydrogens is 568 g/mol. The van der Waals surface area contributed by atoms with Crippen LogP contribution in [-0.2, 0) is 15.3 Å². The zero-order valence-corrected chi connectivity index (χ0v) is 23.1. The second kappa shape index (κ2) is 7.78. The molecule has 10 heteroatoms. The predicted molar refractivity (Wildman–Crippen MR) is 153 cm³/mol. The third-order valence-corrected chi connectivity index (χ3v) is 9.69. The third kappa shape index (κ3) is 2.90. The van der Waals surface area contributed by atoms with Crippen molar-refractivity contribution < 1.29 is 49.0 Å². The number of aromatic hydroxyl groups is 5. The fourth-order valence-corrected chi connectivity index (χ4v) is 7.78. The van der Waals surface area contributed by atoms with E-state index in [9.17, 15) is 30.3 Å². The minimum absolute atomic E-state index is 0.0228. The van der Waals surface area contributed by atoms with E-state index in [1.54, 1.807) is 25.1 Å². The molecule has 4 aromatic carbocycles. The van der Waals surface area contributed by atoms with Gasteiger partial charge in [0.1, 0.15) is 45.8 Å². The number of carbonyl (C=O) groups excluding carboxylic acids is 1. The van der Waals surface area contributed by atoms with Crippen molar-refractivity contribution in [1.82, 2.24) is 0 Å². The van der Waals surface area contributed by atoms with Crippen LogP contribution in [0.3, 0.4) is 0 Å². The monoisotopic (exact) mass is 592 g/mol. The molecule has 1 aromatic heterocycles. The quantitative estimate of drug-likeness (QED) is 0.162. The summed E-state index contributed by atoms with van der Waals surface area (Å²) in [5.74, 6) is -3.72. The Labute approximate surface area is 248 Å². The van der Waals surface area contributed by atoms with Crippen LogP contribution in [0.2, 0.25) is 0 Å². The molecule has 220 valence electrons. The SMILES string of the molecule is CC12CC(c3ccc(O)cc3O1)C13OC1(c1ccc(O)cc1O)Oc1cc(-c4coc5cc(O)ccc45)cc(O)c1C3C2=O. The first-order valence-corrected chi connectivity index (χ1v) is 14.1. The van der Waals surface area contributed by atoms with E-state index < -0.39 is 28.8 Å². The molecule has 3 aliphatic heterocycles. The number of fused-ring (bicyclic) bond motifs is 7. The molecule has 4 heterocycles. The maximum atomic E-state index is 14.6. The Bertz CT molecular complexity index is 2120. The summed E-state index contributed by atoms with van der Waals surface area (Å²) in [6.07, 6.45) is 1.73. The van der Waals surface area contributed by atoms with Gasteiger partial charge in [-0.25, -0.2) is 0 Å². The molecule has 5 aromatic rings. The van der Waals surface area contributed by atoms with Crippen LogP contribution in [0.5, 0.6) is 40.2 Å². The minimum Gasteiger partial charge on any atom is -0.508 e. The number of ketones is 1. The lowest BCUT2D eigenvalue weighted by atomic mass is 9.56. The number of benzene rings is 4. The molecular formula is C34H24O10. The largest absolute Gasteiger partial charge is 0.508 e. The van der Waals surface area contributed by atoms with Crippen molar-refractivity contribution in [3.05, 3.63) is 89.7 Å². The molecule has 1 saturated heterocycles. The van der Waals surface area contributed by atoms with Crippen molar-refractivity contribution in [2.24, 2.45) is 0 Å². The summed E-state index contributed by atoms with van der Waals surface area (Å²) in [6, 6.07) is 16.7. The summed E-state index contributed by atoms with van der Waals surface area (Å²) in [4.78, 5) is 14.6. The van der Waals surface area contributed by atoms with Crippen LogP contribution in [0.15, 0.2) is 77.4 Å². The van der Waals surface area contributed by atoms with Crippen LogP contribution in [0.4, 0.5) is 0 Å². The number of furan rings is 1. The second-order valence-electron chi connectivity index (χ2n) is 12.2. The predicted octanol–water partition coefficient (Wildman–Crippen LogP) is 5.63. The van der Waals surface area contributed by atoms with Gasteiger partial charge in [0.25, 0.3) is 5.79 Å². The average Bonchev–Trinajstić information content (AvgIpc) is 3.47. The van der Waals surface area contributed by atoms with Crippen molar-refractivity contribution in [2.45, 2.75) is 42.2 Å². The summed E-state index contributed by atoms with van der Waals surface area (Å²) in [7, 11) is 0. The molecule has 1 saturated carbocycles.